The fourth-order valence-electron chi connectivity index (χ4n) is 2.70. The molecule has 2 aliphatic rings. The molecule has 0 bridgehead atoms. The second kappa shape index (κ2) is 5.71. The summed E-state index contributed by atoms with van der Waals surface area (Å²) in [5.41, 5.74) is 6.32. The molecule has 1 saturated carbocycles. The number of amides is 1. The van der Waals surface area contributed by atoms with E-state index < -0.39 is 0 Å². The van der Waals surface area contributed by atoms with Crippen molar-refractivity contribution >= 4 is 11.6 Å². The van der Waals surface area contributed by atoms with E-state index in [0.29, 0.717) is 11.4 Å². The minimum Gasteiger partial charge on any atom is -0.482 e. The Morgan fingerprint density at radius 3 is 2.90 bits per heavy atom. The summed E-state index contributed by atoms with van der Waals surface area (Å²) in [5, 5.41) is 3.03. The molecular formula is C15H21N3O2. The Morgan fingerprint density at radius 2 is 2.15 bits per heavy atom. The van der Waals surface area contributed by atoms with Crippen LogP contribution in [0.4, 0.5) is 5.69 Å². The topological polar surface area (TPSA) is 67.6 Å². The van der Waals surface area contributed by atoms with Gasteiger partial charge < -0.3 is 15.8 Å². The van der Waals surface area contributed by atoms with Gasteiger partial charge in [-0.1, -0.05) is 12.1 Å². The quantitative estimate of drug-likeness (QED) is 0.787. The number of rotatable bonds is 5. The molecule has 5 heteroatoms. The van der Waals surface area contributed by atoms with E-state index in [1.807, 2.05) is 12.1 Å². The molecule has 3 rings (SSSR count). The zero-order valence-electron chi connectivity index (χ0n) is 11.5. The van der Waals surface area contributed by atoms with Gasteiger partial charge in [-0.05, 0) is 31.4 Å². The second-order valence-electron chi connectivity index (χ2n) is 5.61. The molecule has 20 heavy (non-hydrogen) atoms. The Balaban J connectivity index is 1.42. The highest BCUT2D eigenvalue weighted by Gasteiger charge is 2.34. The smallest absolute Gasteiger partial charge is 0.258 e. The van der Waals surface area contributed by atoms with Crippen molar-refractivity contribution in [3.8, 4) is 5.75 Å². The Morgan fingerprint density at radius 1 is 1.35 bits per heavy atom. The van der Waals surface area contributed by atoms with Gasteiger partial charge in [-0.2, -0.15) is 0 Å². The number of nitrogens with one attached hydrogen (secondary N) is 1. The normalized spacial score (nSPS) is 22.7. The molecule has 1 aromatic rings. The van der Waals surface area contributed by atoms with Crippen LogP contribution in [0.2, 0.25) is 0 Å². The third-order valence-corrected chi connectivity index (χ3v) is 3.93. The number of para-hydroxylation sites is 2. The number of hydrogen-bond donors (Lipinski definition) is 2. The average Bonchev–Trinajstić information content (AvgIpc) is 3.19. The molecule has 1 saturated heterocycles. The Bertz CT molecular complexity index is 488. The molecule has 1 aliphatic carbocycles. The fraction of sp³-hybridized carbons (Fsp3) is 0.533. The van der Waals surface area contributed by atoms with Crippen molar-refractivity contribution in [2.24, 2.45) is 0 Å². The first-order valence-electron chi connectivity index (χ1n) is 7.23. The van der Waals surface area contributed by atoms with Gasteiger partial charge in [0.2, 0.25) is 0 Å². The van der Waals surface area contributed by atoms with Crippen molar-refractivity contribution in [1.82, 2.24) is 10.2 Å². The zero-order chi connectivity index (χ0) is 13.9. The third kappa shape index (κ3) is 3.22. The Hall–Kier alpha value is -1.75. The summed E-state index contributed by atoms with van der Waals surface area (Å²) in [7, 11) is 0. The maximum Gasteiger partial charge on any atom is 0.258 e. The number of anilines is 1. The fourth-order valence-corrected chi connectivity index (χ4v) is 2.70. The van der Waals surface area contributed by atoms with E-state index in [4.69, 9.17) is 10.5 Å². The van der Waals surface area contributed by atoms with Gasteiger partial charge in [0.15, 0.2) is 6.61 Å². The highest BCUT2D eigenvalue weighted by Crippen LogP contribution is 2.29. The monoisotopic (exact) mass is 275 g/mol. The van der Waals surface area contributed by atoms with Crippen LogP contribution in [0.1, 0.15) is 19.3 Å². The molecule has 1 atom stereocenters. The van der Waals surface area contributed by atoms with E-state index in [1.54, 1.807) is 12.1 Å². The molecule has 0 spiro atoms. The van der Waals surface area contributed by atoms with Crippen LogP contribution in [-0.2, 0) is 4.79 Å². The van der Waals surface area contributed by atoms with Gasteiger partial charge in [-0.25, -0.2) is 0 Å². The molecule has 1 unspecified atom stereocenters. The van der Waals surface area contributed by atoms with Crippen molar-refractivity contribution in [3.63, 3.8) is 0 Å². The molecule has 1 heterocycles. The van der Waals surface area contributed by atoms with Crippen molar-refractivity contribution < 1.29 is 9.53 Å². The van der Waals surface area contributed by atoms with Crippen molar-refractivity contribution in [2.45, 2.75) is 31.3 Å². The Kier molecular flexibility index (Phi) is 3.78. The molecule has 0 radical (unpaired) electrons. The standard InChI is InChI=1S/C15H21N3O2/c16-13-3-1-2-4-14(13)20-10-15(19)17-11-7-8-18(9-11)12-5-6-12/h1-4,11-12H,5-10,16H2,(H,17,19). The summed E-state index contributed by atoms with van der Waals surface area (Å²) in [6.07, 6.45) is 3.67. The lowest BCUT2D eigenvalue weighted by molar-refractivity contribution is -0.123. The highest BCUT2D eigenvalue weighted by atomic mass is 16.5. The minimum absolute atomic E-state index is 0.0220. The van der Waals surface area contributed by atoms with Gasteiger partial charge >= 0.3 is 0 Å². The molecule has 2 fully saturated rings. The van der Waals surface area contributed by atoms with E-state index in [2.05, 4.69) is 10.2 Å². The predicted molar refractivity (Wildman–Crippen MR) is 77.5 cm³/mol. The zero-order valence-corrected chi connectivity index (χ0v) is 11.5. The SMILES string of the molecule is Nc1ccccc1OCC(=O)NC1CCN(C2CC2)C1. The van der Waals surface area contributed by atoms with Crippen molar-refractivity contribution in [1.29, 1.82) is 0 Å². The maximum absolute atomic E-state index is 11.9. The lowest BCUT2D eigenvalue weighted by Gasteiger charge is -2.16. The predicted octanol–water partition coefficient (Wildman–Crippen LogP) is 1.00. The van der Waals surface area contributed by atoms with Crippen LogP contribution >= 0.6 is 0 Å². The molecule has 1 aliphatic heterocycles. The molecular weight excluding hydrogens is 254 g/mol. The van der Waals surface area contributed by atoms with E-state index >= 15 is 0 Å². The van der Waals surface area contributed by atoms with Crippen LogP contribution in [0.15, 0.2) is 24.3 Å². The summed E-state index contributed by atoms with van der Waals surface area (Å²) in [5.74, 6) is 0.490. The minimum atomic E-state index is -0.0732. The lowest BCUT2D eigenvalue weighted by Crippen LogP contribution is -2.40. The van der Waals surface area contributed by atoms with Crippen LogP contribution in [0.3, 0.4) is 0 Å². The molecule has 3 N–H and O–H groups in total. The number of nitrogens with two attached hydrogens (primary N) is 1. The van der Waals surface area contributed by atoms with Gasteiger partial charge in [0.25, 0.3) is 5.91 Å². The van der Waals surface area contributed by atoms with Gasteiger partial charge in [-0.3, -0.25) is 9.69 Å². The van der Waals surface area contributed by atoms with Crippen LogP contribution in [0.25, 0.3) is 0 Å². The summed E-state index contributed by atoms with van der Waals surface area (Å²) < 4.78 is 5.44. The molecule has 5 nitrogen and oxygen atoms in total. The number of nitrogen functional groups attached to an aromatic ring is 1. The summed E-state index contributed by atoms with van der Waals surface area (Å²) in [4.78, 5) is 14.4. The number of ether oxygens (including phenoxy) is 1. The lowest BCUT2D eigenvalue weighted by atomic mass is 10.2. The number of nitrogens with zero attached hydrogens (tertiary/aromatic N) is 1. The summed E-state index contributed by atoms with van der Waals surface area (Å²) in [6.45, 7) is 2.10. The first-order valence-corrected chi connectivity index (χ1v) is 7.23. The van der Waals surface area contributed by atoms with E-state index in [0.717, 1.165) is 25.6 Å². The number of benzene rings is 1. The number of carbonyl (C=O) groups excluding carboxylic acids is 1. The molecule has 0 aromatic heterocycles. The van der Waals surface area contributed by atoms with Crippen LogP contribution in [0.5, 0.6) is 5.75 Å². The van der Waals surface area contributed by atoms with Gasteiger partial charge in [0, 0.05) is 25.2 Å². The number of hydrogen-bond acceptors (Lipinski definition) is 4. The van der Waals surface area contributed by atoms with Crippen molar-refractivity contribution in [3.05, 3.63) is 24.3 Å². The van der Waals surface area contributed by atoms with E-state index in [-0.39, 0.29) is 18.6 Å². The summed E-state index contributed by atoms with van der Waals surface area (Å²) in [6, 6.07) is 8.25. The van der Waals surface area contributed by atoms with Crippen LogP contribution in [0, 0.1) is 0 Å². The molecule has 1 aromatic carbocycles. The maximum atomic E-state index is 11.9. The first kappa shape index (κ1) is 13.2. The second-order valence-corrected chi connectivity index (χ2v) is 5.61. The van der Waals surface area contributed by atoms with E-state index in [9.17, 15) is 4.79 Å². The largest absolute Gasteiger partial charge is 0.482 e. The Labute approximate surface area is 119 Å². The van der Waals surface area contributed by atoms with Gasteiger partial charge in [0.05, 0.1) is 5.69 Å². The highest BCUT2D eigenvalue weighted by molar-refractivity contribution is 5.78. The number of likely N-dealkylation sites (tertiary alicyclic amines) is 1. The summed E-state index contributed by atoms with van der Waals surface area (Å²) >= 11 is 0. The van der Waals surface area contributed by atoms with Crippen molar-refractivity contribution in [2.75, 3.05) is 25.4 Å². The molecule has 1 amide bonds. The molecule has 108 valence electrons. The average molecular weight is 275 g/mol. The van der Waals surface area contributed by atoms with Gasteiger partial charge in [-0.15, -0.1) is 0 Å². The van der Waals surface area contributed by atoms with Gasteiger partial charge in [0.1, 0.15) is 5.75 Å². The third-order valence-electron chi connectivity index (χ3n) is 3.93. The number of carbonyl (C=O) groups is 1. The van der Waals surface area contributed by atoms with Crippen LogP contribution in [-0.4, -0.2) is 42.6 Å². The first-order chi connectivity index (χ1) is 9.72. The van der Waals surface area contributed by atoms with E-state index in [1.165, 1.54) is 12.8 Å². The van der Waals surface area contributed by atoms with Crippen LogP contribution < -0.4 is 15.8 Å².